The molecule has 1 aromatic carbocycles. The monoisotopic (exact) mass is 203 g/mol. The normalized spacial score (nSPS) is 15.5. The predicted molar refractivity (Wildman–Crippen MR) is 65.3 cm³/mol. The van der Waals surface area contributed by atoms with Crippen molar-refractivity contribution < 1.29 is 0 Å². The van der Waals surface area contributed by atoms with Gasteiger partial charge in [0, 0.05) is 0 Å². The van der Waals surface area contributed by atoms with E-state index in [2.05, 4.69) is 36.5 Å². The molecule has 15 heavy (non-hydrogen) atoms. The highest BCUT2D eigenvalue weighted by molar-refractivity contribution is 5.33. The van der Waals surface area contributed by atoms with Crippen molar-refractivity contribution in [1.29, 1.82) is 0 Å². The van der Waals surface area contributed by atoms with Crippen molar-refractivity contribution in [2.75, 3.05) is 13.1 Å². The highest BCUT2D eigenvalue weighted by Crippen LogP contribution is 2.41. The summed E-state index contributed by atoms with van der Waals surface area (Å²) in [6.45, 7) is 4.48. The van der Waals surface area contributed by atoms with Gasteiger partial charge in [-0.2, -0.15) is 0 Å². The molecular formula is C14H21N. The summed E-state index contributed by atoms with van der Waals surface area (Å²) < 4.78 is 0. The molecule has 1 saturated carbocycles. The van der Waals surface area contributed by atoms with Crippen LogP contribution in [-0.2, 0) is 6.42 Å². The zero-order chi connectivity index (χ0) is 10.5. The Kier molecular flexibility index (Phi) is 3.79. The van der Waals surface area contributed by atoms with Crippen molar-refractivity contribution in [3.05, 3.63) is 35.4 Å². The minimum absolute atomic E-state index is 0.882. The third kappa shape index (κ3) is 3.07. The van der Waals surface area contributed by atoms with Gasteiger partial charge in [0.25, 0.3) is 0 Å². The molecule has 1 aliphatic carbocycles. The summed E-state index contributed by atoms with van der Waals surface area (Å²) in [7, 11) is 0. The molecule has 0 aliphatic heterocycles. The lowest BCUT2D eigenvalue weighted by Gasteiger charge is -2.08. The first-order chi connectivity index (χ1) is 7.42. The average Bonchev–Trinajstić information content (AvgIpc) is 3.09. The van der Waals surface area contributed by atoms with E-state index in [1.807, 2.05) is 0 Å². The lowest BCUT2D eigenvalue weighted by molar-refractivity contribution is 0.669. The Balaban J connectivity index is 1.89. The Morgan fingerprint density at radius 2 is 2.00 bits per heavy atom. The number of nitrogens with one attached hydrogen (secondary N) is 1. The highest BCUT2D eigenvalue weighted by atomic mass is 14.8. The summed E-state index contributed by atoms with van der Waals surface area (Å²) in [5.74, 6) is 0.882. The fourth-order valence-electron chi connectivity index (χ4n) is 2.08. The SMILES string of the molecule is CCCNCCc1ccccc1C1CC1. The molecule has 1 N–H and O–H groups in total. The van der Waals surface area contributed by atoms with Crippen LogP contribution in [0.3, 0.4) is 0 Å². The second-order valence-electron chi connectivity index (χ2n) is 4.47. The maximum Gasteiger partial charge on any atom is -0.000825 e. The van der Waals surface area contributed by atoms with Gasteiger partial charge in [-0.15, -0.1) is 0 Å². The van der Waals surface area contributed by atoms with Gasteiger partial charge in [-0.25, -0.2) is 0 Å². The Labute approximate surface area is 92.9 Å². The van der Waals surface area contributed by atoms with Crippen molar-refractivity contribution >= 4 is 0 Å². The Morgan fingerprint density at radius 1 is 1.20 bits per heavy atom. The molecular weight excluding hydrogens is 182 g/mol. The first kappa shape index (κ1) is 10.7. The van der Waals surface area contributed by atoms with Crippen LogP contribution in [0.2, 0.25) is 0 Å². The third-order valence-electron chi connectivity index (χ3n) is 3.07. The lowest BCUT2D eigenvalue weighted by Crippen LogP contribution is -2.18. The van der Waals surface area contributed by atoms with E-state index < -0.39 is 0 Å². The molecule has 1 aromatic rings. The van der Waals surface area contributed by atoms with Crippen LogP contribution in [-0.4, -0.2) is 13.1 Å². The van der Waals surface area contributed by atoms with Crippen LogP contribution < -0.4 is 5.32 Å². The Bertz CT molecular complexity index is 302. The second-order valence-corrected chi connectivity index (χ2v) is 4.47. The first-order valence-electron chi connectivity index (χ1n) is 6.20. The van der Waals surface area contributed by atoms with Crippen molar-refractivity contribution in [2.24, 2.45) is 0 Å². The van der Waals surface area contributed by atoms with Gasteiger partial charge in [0.15, 0.2) is 0 Å². The smallest absolute Gasteiger partial charge is 0.000825 e. The van der Waals surface area contributed by atoms with E-state index in [0.29, 0.717) is 0 Å². The second kappa shape index (κ2) is 5.32. The van der Waals surface area contributed by atoms with Crippen LogP contribution in [0.15, 0.2) is 24.3 Å². The molecule has 2 rings (SSSR count). The molecule has 82 valence electrons. The number of benzene rings is 1. The van der Waals surface area contributed by atoms with Crippen LogP contribution in [0.5, 0.6) is 0 Å². The lowest BCUT2D eigenvalue weighted by atomic mass is 10.0. The third-order valence-corrected chi connectivity index (χ3v) is 3.07. The van der Waals surface area contributed by atoms with Gasteiger partial charge in [-0.1, -0.05) is 31.2 Å². The topological polar surface area (TPSA) is 12.0 Å². The van der Waals surface area contributed by atoms with Gasteiger partial charge in [-0.3, -0.25) is 0 Å². The molecule has 0 aromatic heterocycles. The molecule has 0 atom stereocenters. The van der Waals surface area contributed by atoms with E-state index in [9.17, 15) is 0 Å². The van der Waals surface area contributed by atoms with E-state index >= 15 is 0 Å². The molecule has 1 heteroatoms. The van der Waals surface area contributed by atoms with Gasteiger partial charge in [-0.05, 0) is 55.8 Å². The van der Waals surface area contributed by atoms with Gasteiger partial charge in [0.05, 0.1) is 0 Å². The van der Waals surface area contributed by atoms with Crippen molar-refractivity contribution in [3.8, 4) is 0 Å². The van der Waals surface area contributed by atoms with E-state index in [4.69, 9.17) is 0 Å². The number of rotatable bonds is 6. The van der Waals surface area contributed by atoms with Gasteiger partial charge >= 0.3 is 0 Å². The van der Waals surface area contributed by atoms with Crippen molar-refractivity contribution in [2.45, 2.75) is 38.5 Å². The zero-order valence-corrected chi connectivity index (χ0v) is 9.63. The van der Waals surface area contributed by atoms with Crippen LogP contribution in [0.1, 0.15) is 43.2 Å². The van der Waals surface area contributed by atoms with Crippen molar-refractivity contribution in [1.82, 2.24) is 5.32 Å². The summed E-state index contributed by atoms with van der Waals surface area (Å²) >= 11 is 0. The van der Waals surface area contributed by atoms with Crippen LogP contribution in [0.4, 0.5) is 0 Å². The van der Waals surface area contributed by atoms with E-state index in [1.165, 1.54) is 25.7 Å². The molecule has 1 fully saturated rings. The standard InChI is InChI=1S/C14H21N/c1-2-10-15-11-9-12-5-3-4-6-14(12)13-7-8-13/h3-6,13,15H,2,7-11H2,1H3. The van der Waals surface area contributed by atoms with E-state index in [0.717, 1.165) is 19.0 Å². The van der Waals surface area contributed by atoms with Crippen LogP contribution in [0.25, 0.3) is 0 Å². The molecule has 0 heterocycles. The molecule has 0 spiro atoms. The zero-order valence-electron chi connectivity index (χ0n) is 9.63. The summed E-state index contributed by atoms with van der Waals surface area (Å²) in [6.07, 6.45) is 5.22. The quantitative estimate of drug-likeness (QED) is 0.700. The fourth-order valence-corrected chi connectivity index (χ4v) is 2.08. The van der Waals surface area contributed by atoms with E-state index in [1.54, 1.807) is 11.1 Å². The van der Waals surface area contributed by atoms with Crippen molar-refractivity contribution in [3.63, 3.8) is 0 Å². The van der Waals surface area contributed by atoms with Crippen LogP contribution in [0, 0.1) is 0 Å². The van der Waals surface area contributed by atoms with Gasteiger partial charge in [0.1, 0.15) is 0 Å². The number of hydrogen-bond acceptors (Lipinski definition) is 1. The molecule has 0 saturated heterocycles. The fraction of sp³-hybridized carbons (Fsp3) is 0.571. The highest BCUT2D eigenvalue weighted by Gasteiger charge is 2.25. The van der Waals surface area contributed by atoms with Gasteiger partial charge < -0.3 is 5.32 Å². The first-order valence-corrected chi connectivity index (χ1v) is 6.20. The molecule has 0 unspecified atom stereocenters. The predicted octanol–water partition coefficient (Wildman–Crippen LogP) is 3.11. The Morgan fingerprint density at radius 3 is 2.73 bits per heavy atom. The molecule has 1 nitrogen and oxygen atoms in total. The minimum atomic E-state index is 0.882. The van der Waals surface area contributed by atoms with E-state index in [-0.39, 0.29) is 0 Å². The summed E-state index contributed by atoms with van der Waals surface area (Å²) in [6, 6.07) is 8.95. The summed E-state index contributed by atoms with van der Waals surface area (Å²) in [5.41, 5.74) is 3.17. The molecule has 1 aliphatic rings. The maximum absolute atomic E-state index is 3.47. The van der Waals surface area contributed by atoms with Crippen LogP contribution >= 0.6 is 0 Å². The van der Waals surface area contributed by atoms with Gasteiger partial charge in [0.2, 0.25) is 0 Å². The molecule has 0 amide bonds. The minimum Gasteiger partial charge on any atom is -0.316 e. The average molecular weight is 203 g/mol. The summed E-state index contributed by atoms with van der Waals surface area (Å²) in [4.78, 5) is 0. The maximum atomic E-state index is 3.47. The molecule has 0 bridgehead atoms. The summed E-state index contributed by atoms with van der Waals surface area (Å²) in [5, 5.41) is 3.47. The molecule has 0 radical (unpaired) electrons. The number of hydrogen-bond donors (Lipinski definition) is 1. The largest absolute Gasteiger partial charge is 0.316 e. The Hall–Kier alpha value is -0.820.